The molecule has 37 heavy (non-hydrogen) atoms. The minimum atomic E-state index is -1.34. The first-order valence-electron chi connectivity index (χ1n) is 13.9. The van der Waals surface area contributed by atoms with Gasteiger partial charge in [0.15, 0.2) is 0 Å². The molecule has 0 aromatic carbocycles. The number of carbonyl (C=O) groups is 4. The summed E-state index contributed by atoms with van der Waals surface area (Å²) in [4.78, 5) is 51.1. The molecule has 2 fully saturated rings. The van der Waals surface area contributed by atoms with Crippen LogP contribution in [-0.4, -0.2) is 83.3 Å². The molecule has 0 radical (unpaired) electrons. The fourth-order valence-corrected chi connectivity index (χ4v) is 5.39. The van der Waals surface area contributed by atoms with E-state index in [0.29, 0.717) is 31.2 Å². The zero-order valence-electron chi connectivity index (χ0n) is 22.3. The molecule has 2 rings (SSSR count). The summed E-state index contributed by atoms with van der Waals surface area (Å²) in [6.07, 6.45) is 8.23. The summed E-state index contributed by atoms with van der Waals surface area (Å²) in [7, 11) is 0. The Morgan fingerprint density at radius 1 is 1.03 bits per heavy atom. The van der Waals surface area contributed by atoms with Crippen LogP contribution in [0.4, 0.5) is 0 Å². The number of amides is 3. The lowest BCUT2D eigenvalue weighted by molar-refractivity contribution is -0.142. The Hall–Kier alpha value is -2.24. The number of aliphatic carboxylic acids is 1. The number of aliphatic hydroxyl groups is 1. The molecule has 1 saturated heterocycles. The minimum absolute atomic E-state index is 0.135. The van der Waals surface area contributed by atoms with Gasteiger partial charge in [-0.3, -0.25) is 19.2 Å². The van der Waals surface area contributed by atoms with Crippen molar-refractivity contribution in [3.8, 4) is 0 Å². The summed E-state index contributed by atoms with van der Waals surface area (Å²) in [6.45, 7) is 3.88. The van der Waals surface area contributed by atoms with Crippen LogP contribution in [0.5, 0.6) is 0 Å². The van der Waals surface area contributed by atoms with Crippen molar-refractivity contribution in [2.45, 2.75) is 102 Å². The maximum atomic E-state index is 12.9. The lowest BCUT2D eigenvalue weighted by Crippen LogP contribution is -2.56. The molecule has 3 atom stereocenters. The predicted octanol–water partition coefficient (Wildman–Crippen LogP) is 0.697. The molecule has 1 saturated carbocycles. The van der Waals surface area contributed by atoms with Crippen LogP contribution in [0.1, 0.15) is 84.0 Å². The van der Waals surface area contributed by atoms with Crippen molar-refractivity contribution < 1.29 is 29.4 Å². The Balaban J connectivity index is 1.88. The number of piperidine rings is 1. The first-order valence-corrected chi connectivity index (χ1v) is 13.9. The standard InChI is InChI=1S/C26H47N5O6/c1-2-31(23(33)10-6-9-18-11-13-28-14-12-18)17-22(32)29-21(16-24(34)35)26(37)30-20(25(27)36)15-19-7-4-3-5-8-19/h18-21,25,28,36H,2-17,27H2,1H3,(H,29,32)(H,30,37)(H,34,35)/t20-,21-,25?/m0/s1. The Kier molecular flexibility index (Phi) is 13.9. The van der Waals surface area contributed by atoms with E-state index < -0.39 is 42.5 Å². The first-order chi connectivity index (χ1) is 17.7. The molecule has 0 aromatic heterocycles. The lowest BCUT2D eigenvalue weighted by Gasteiger charge is -2.30. The van der Waals surface area contributed by atoms with Crippen LogP contribution in [0.15, 0.2) is 0 Å². The van der Waals surface area contributed by atoms with Crippen LogP contribution >= 0.6 is 0 Å². The van der Waals surface area contributed by atoms with Crippen molar-refractivity contribution in [2.24, 2.45) is 17.6 Å². The van der Waals surface area contributed by atoms with E-state index in [-0.39, 0.29) is 12.5 Å². The Labute approximate surface area is 220 Å². The SMILES string of the molecule is CCN(CC(=O)N[C@@H](CC(=O)O)C(=O)N[C@@H](CC1CCCCC1)C(N)O)C(=O)CCCC1CCNCC1. The van der Waals surface area contributed by atoms with Crippen molar-refractivity contribution in [2.75, 3.05) is 26.2 Å². The van der Waals surface area contributed by atoms with Crippen LogP contribution in [-0.2, 0) is 19.2 Å². The van der Waals surface area contributed by atoms with Gasteiger partial charge in [0.05, 0.1) is 19.0 Å². The number of rotatable bonds is 15. The van der Waals surface area contributed by atoms with Crippen molar-refractivity contribution >= 4 is 23.7 Å². The average molecular weight is 526 g/mol. The lowest BCUT2D eigenvalue weighted by atomic mass is 9.84. The molecule has 0 bridgehead atoms. The van der Waals surface area contributed by atoms with Gasteiger partial charge >= 0.3 is 5.97 Å². The highest BCUT2D eigenvalue weighted by Gasteiger charge is 2.30. The van der Waals surface area contributed by atoms with Crippen LogP contribution < -0.4 is 21.7 Å². The van der Waals surface area contributed by atoms with Gasteiger partial charge in [-0.15, -0.1) is 0 Å². The minimum Gasteiger partial charge on any atom is -0.481 e. The van der Waals surface area contributed by atoms with Gasteiger partial charge in [0.2, 0.25) is 17.7 Å². The molecule has 3 amide bonds. The maximum Gasteiger partial charge on any atom is 0.305 e. The van der Waals surface area contributed by atoms with E-state index in [0.717, 1.165) is 64.5 Å². The fourth-order valence-electron chi connectivity index (χ4n) is 5.39. The average Bonchev–Trinajstić information content (AvgIpc) is 2.87. The van der Waals surface area contributed by atoms with E-state index in [1.807, 2.05) is 0 Å². The van der Waals surface area contributed by atoms with Gasteiger partial charge in [0.25, 0.3) is 0 Å². The van der Waals surface area contributed by atoms with Gasteiger partial charge in [-0.2, -0.15) is 0 Å². The second kappa shape index (κ2) is 16.6. The number of carbonyl (C=O) groups excluding carboxylic acids is 3. The third-order valence-electron chi connectivity index (χ3n) is 7.61. The predicted molar refractivity (Wildman–Crippen MR) is 139 cm³/mol. The number of carboxylic acids is 1. The zero-order valence-corrected chi connectivity index (χ0v) is 22.3. The Bertz CT molecular complexity index is 737. The molecule has 1 unspecified atom stereocenters. The van der Waals surface area contributed by atoms with Crippen molar-refractivity contribution in [1.29, 1.82) is 0 Å². The van der Waals surface area contributed by atoms with E-state index in [1.165, 1.54) is 11.3 Å². The van der Waals surface area contributed by atoms with Gasteiger partial charge in [-0.25, -0.2) is 0 Å². The van der Waals surface area contributed by atoms with E-state index in [2.05, 4.69) is 16.0 Å². The maximum absolute atomic E-state index is 12.9. The third-order valence-corrected chi connectivity index (χ3v) is 7.61. The monoisotopic (exact) mass is 525 g/mol. The number of nitrogens with two attached hydrogens (primary N) is 1. The fraction of sp³-hybridized carbons (Fsp3) is 0.846. The zero-order chi connectivity index (χ0) is 27.2. The highest BCUT2D eigenvalue weighted by Crippen LogP contribution is 2.27. The van der Waals surface area contributed by atoms with Crippen LogP contribution in [0.2, 0.25) is 0 Å². The largest absolute Gasteiger partial charge is 0.481 e. The summed E-state index contributed by atoms with van der Waals surface area (Å²) in [5, 5.41) is 27.8. The number of nitrogens with one attached hydrogen (secondary N) is 3. The van der Waals surface area contributed by atoms with Crippen molar-refractivity contribution in [3.63, 3.8) is 0 Å². The number of likely N-dealkylation sites (N-methyl/N-ethyl adjacent to an activating group) is 1. The first kappa shape index (κ1) is 31.0. The molecule has 2 aliphatic rings. The molecular formula is C26H47N5O6. The van der Waals surface area contributed by atoms with Gasteiger partial charge in [0, 0.05) is 13.0 Å². The molecule has 11 nitrogen and oxygen atoms in total. The van der Waals surface area contributed by atoms with E-state index in [9.17, 15) is 29.4 Å². The van der Waals surface area contributed by atoms with Crippen LogP contribution in [0.25, 0.3) is 0 Å². The molecule has 0 spiro atoms. The second-order valence-corrected chi connectivity index (χ2v) is 10.6. The molecule has 11 heteroatoms. The number of nitrogens with zero attached hydrogens (tertiary/aromatic N) is 1. The van der Waals surface area contributed by atoms with Gasteiger partial charge in [0.1, 0.15) is 12.3 Å². The molecular weight excluding hydrogens is 478 g/mol. The smallest absolute Gasteiger partial charge is 0.305 e. The number of hydrogen-bond donors (Lipinski definition) is 6. The quantitative estimate of drug-likeness (QED) is 0.169. The van der Waals surface area contributed by atoms with E-state index >= 15 is 0 Å². The summed E-state index contributed by atoms with van der Waals surface area (Å²) < 4.78 is 0. The van der Waals surface area contributed by atoms with Crippen molar-refractivity contribution in [3.05, 3.63) is 0 Å². The number of aliphatic hydroxyl groups excluding tert-OH is 1. The molecule has 0 aromatic rings. The summed E-state index contributed by atoms with van der Waals surface area (Å²) >= 11 is 0. The van der Waals surface area contributed by atoms with Gasteiger partial charge in [-0.1, -0.05) is 32.1 Å². The molecule has 212 valence electrons. The molecule has 1 heterocycles. The highest BCUT2D eigenvalue weighted by molar-refractivity contribution is 5.92. The summed E-state index contributed by atoms with van der Waals surface area (Å²) in [5.41, 5.74) is 5.70. The number of hydrogen-bond acceptors (Lipinski definition) is 7. The topological polar surface area (TPSA) is 174 Å². The number of carboxylic acid groups (broad SMARTS) is 1. The second-order valence-electron chi connectivity index (χ2n) is 10.6. The molecule has 7 N–H and O–H groups in total. The van der Waals surface area contributed by atoms with Crippen molar-refractivity contribution in [1.82, 2.24) is 20.9 Å². The van der Waals surface area contributed by atoms with Crippen LogP contribution in [0.3, 0.4) is 0 Å². The summed E-state index contributed by atoms with van der Waals surface area (Å²) in [5.74, 6) is -1.76. The van der Waals surface area contributed by atoms with Gasteiger partial charge < -0.3 is 36.8 Å². The normalized spacial score (nSPS) is 19.4. The summed E-state index contributed by atoms with van der Waals surface area (Å²) in [6, 6.07) is -2.08. The Morgan fingerprint density at radius 2 is 1.70 bits per heavy atom. The van der Waals surface area contributed by atoms with E-state index in [1.54, 1.807) is 6.92 Å². The molecule has 1 aliphatic carbocycles. The molecule has 1 aliphatic heterocycles. The van der Waals surface area contributed by atoms with Crippen LogP contribution in [0, 0.1) is 11.8 Å². The third kappa shape index (κ3) is 11.8. The van der Waals surface area contributed by atoms with Gasteiger partial charge in [-0.05, 0) is 64.0 Å². The Morgan fingerprint density at radius 3 is 2.30 bits per heavy atom. The van der Waals surface area contributed by atoms with E-state index in [4.69, 9.17) is 5.73 Å². The highest BCUT2D eigenvalue weighted by atomic mass is 16.4.